The van der Waals surface area contributed by atoms with Crippen LogP contribution in [-0.2, 0) is 14.8 Å². The molecule has 2 N–H and O–H groups in total. The van der Waals surface area contributed by atoms with Gasteiger partial charge in [0.2, 0.25) is 5.91 Å². The van der Waals surface area contributed by atoms with E-state index in [4.69, 9.17) is 0 Å². The molecule has 1 fully saturated rings. The third kappa shape index (κ3) is 4.69. The number of carbonyl (C=O) groups is 2. The van der Waals surface area contributed by atoms with Gasteiger partial charge in [-0.3, -0.25) is 4.79 Å². The smallest absolute Gasteiger partial charge is 0.328 e. The Bertz CT molecular complexity index is 677. The Morgan fingerprint density at radius 1 is 1.13 bits per heavy atom. The molecule has 1 aromatic carbocycles. The molecule has 0 aromatic heterocycles. The van der Waals surface area contributed by atoms with Crippen molar-refractivity contribution in [3.05, 3.63) is 29.8 Å². The van der Waals surface area contributed by atoms with Gasteiger partial charge in [0.05, 0.1) is 4.90 Å². The lowest BCUT2D eigenvalue weighted by Crippen LogP contribution is -2.49. The number of nitrogens with zero attached hydrogens (tertiary/aromatic N) is 1. The summed E-state index contributed by atoms with van der Waals surface area (Å²) in [7, 11) is -3.88. The summed E-state index contributed by atoms with van der Waals surface area (Å²) < 4.78 is 26.2. The molecule has 0 aliphatic carbocycles. The molecule has 0 radical (unpaired) electrons. The second kappa shape index (κ2) is 6.99. The minimum absolute atomic E-state index is 0.00912. The molecule has 1 heterocycles. The number of piperidine rings is 1. The number of benzene rings is 1. The number of rotatable bonds is 3. The third-order valence-corrected chi connectivity index (χ3v) is 5.18. The SMILES string of the molecule is CC(=O)N1CCC(NC(=O)NS(=O)(=O)c2ccc(C)cc2)CC1. The molecule has 126 valence electrons. The molecule has 1 saturated heterocycles. The maximum Gasteiger partial charge on any atom is 0.328 e. The van der Waals surface area contributed by atoms with E-state index >= 15 is 0 Å². The molecule has 23 heavy (non-hydrogen) atoms. The molecular weight excluding hydrogens is 318 g/mol. The summed E-state index contributed by atoms with van der Waals surface area (Å²) in [4.78, 5) is 24.9. The molecule has 0 unspecified atom stereocenters. The van der Waals surface area contributed by atoms with Crippen LogP contribution >= 0.6 is 0 Å². The fourth-order valence-electron chi connectivity index (χ4n) is 2.45. The minimum Gasteiger partial charge on any atom is -0.343 e. The Morgan fingerprint density at radius 2 is 1.70 bits per heavy atom. The van der Waals surface area contributed by atoms with E-state index in [1.54, 1.807) is 17.0 Å². The number of aryl methyl sites for hydroxylation is 1. The van der Waals surface area contributed by atoms with E-state index in [2.05, 4.69) is 5.32 Å². The van der Waals surface area contributed by atoms with Gasteiger partial charge in [0, 0.05) is 26.1 Å². The van der Waals surface area contributed by atoms with Gasteiger partial charge in [0.15, 0.2) is 0 Å². The van der Waals surface area contributed by atoms with E-state index in [0.29, 0.717) is 25.9 Å². The fourth-order valence-corrected chi connectivity index (χ4v) is 3.37. The Balaban J connectivity index is 1.90. The molecule has 8 heteroatoms. The van der Waals surface area contributed by atoms with Crippen LogP contribution in [0.3, 0.4) is 0 Å². The third-order valence-electron chi connectivity index (χ3n) is 3.83. The highest BCUT2D eigenvalue weighted by molar-refractivity contribution is 7.90. The quantitative estimate of drug-likeness (QED) is 0.858. The molecule has 0 bridgehead atoms. The molecule has 1 aliphatic rings. The van der Waals surface area contributed by atoms with E-state index in [1.165, 1.54) is 19.1 Å². The van der Waals surface area contributed by atoms with Crippen molar-refractivity contribution in [2.24, 2.45) is 0 Å². The zero-order chi connectivity index (χ0) is 17.0. The Morgan fingerprint density at radius 3 is 2.22 bits per heavy atom. The number of likely N-dealkylation sites (tertiary alicyclic amines) is 1. The lowest BCUT2D eigenvalue weighted by atomic mass is 10.1. The molecule has 0 atom stereocenters. The lowest BCUT2D eigenvalue weighted by Gasteiger charge is -2.31. The van der Waals surface area contributed by atoms with Crippen molar-refractivity contribution >= 4 is 22.0 Å². The highest BCUT2D eigenvalue weighted by Crippen LogP contribution is 2.12. The van der Waals surface area contributed by atoms with Gasteiger partial charge in [0.25, 0.3) is 10.0 Å². The molecular formula is C15H21N3O4S. The number of hydrogen-bond donors (Lipinski definition) is 2. The first kappa shape index (κ1) is 17.3. The first-order valence-electron chi connectivity index (χ1n) is 7.43. The summed E-state index contributed by atoms with van der Waals surface area (Å²) in [5.41, 5.74) is 0.936. The van der Waals surface area contributed by atoms with Gasteiger partial charge in [-0.1, -0.05) is 17.7 Å². The summed E-state index contributed by atoms with van der Waals surface area (Å²) in [5, 5.41) is 2.65. The van der Waals surface area contributed by atoms with Gasteiger partial charge >= 0.3 is 6.03 Å². The van der Waals surface area contributed by atoms with E-state index in [-0.39, 0.29) is 16.8 Å². The van der Waals surface area contributed by atoms with Crippen LogP contribution < -0.4 is 10.0 Å². The number of sulfonamides is 1. The van der Waals surface area contributed by atoms with Gasteiger partial charge < -0.3 is 10.2 Å². The highest BCUT2D eigenvalue weighted by Gasteiger charge is 2.24. The van der Waals surface area contributed by atoms with E-state index in [0.717, 1.165) is 5.56 Å². The van der Waals surface area contributed by atoms with Crippen molar-refractivity contribution in [1.82, 2.24) is 14.9 Å². The summed E-state index contributed by atoms with van der Waals surface area (Å²) in [6, 6.07) is 5.37. The number of urea groups is 1. The summed E-state index contributed by atoms with van der Waals surface area (Å²) in [6.07, 6.45) is 1.22. The number of hydrogen-bond acceptors (Lipinski definition) is 4. The van der Waals surface area contributed by atoms with Crippen LogP contribution in [0.4, 0.5) is 4.79 Å². The summed E-state index contributed by atoms with van der Waals surface area (Å²) in [5.74, 6) is 0.00912. The standard InChI is InChI=1S/C15H21N3O4S/c1-11-3-5-14(6-4-11)23(21,22)17-15(20)16-13-7-9-18(10-8-13)12(2)19/h3-6,13H,7-10H2,1-2H3,(H2,16,17,20). The Hall–Kier alpha value is -2.09. The van der Waals surface area contributed by atoms with Gasteiger partial charge in [0.1, 0.15) is 0 Å². The second-order valence-corrected chi connectivity index (χ2v) is 7.35. The predicted molar refractivity (Wildman–Crippen MR) is 85.3 cm³/mol. The van der Waals surface area contributed by atoms with Crippen LogP contribution in [0.25, 0.3) is 0 Å². The summed E-state index contributed by atoms with van der Waals surface area (Å²) >= 11 is 0. The molecule has 0 spiro atoms. The fraction of sp³-hybridized carbons (Fsp3) is 0.467. The van der Waals surface area contributed by atoms with Crippen LogP contribution in [0.15, 0.2) is 29.2 Å². The molecule has 2 rings (SSSR count). The monoisotopic (exact) mass is 339 g/mol. The van der Waals surface area contributed by atoms with E-state index in [9.17, 15) is 18.0 Å². The van der Waals surface area contributed by atoms with E-state index < -0.39 is 16.1 Å². The first-order chi connectivity index (χ1) is 10.8. The van der Waals surface area contributed by atoms with E-state index in [1.807, 2.05) is 11.6 Å². The molecule has 1 aromatic rings. The van der Waals surface area contributed by atoms with Crippen LogP contribution in [0.5, 0.6) is 0 Å². The van der Waals surface area contributed by atoms with Crippen molar-refractivity contribution in [1.29, 1.82) is 0 Å². The zero-order valence-corrected chi connectivity index (χ0v) is 14.0. The summed E-state index contributed by atoms with van der Waals surface area (Å²) in [6.45, 7) is 4.48. The van der Waals surface area contributed by atoms with Crippen LogP contribution in [-0.4, -0.2) is 44.4 Å². The Labute approximate surface area is 136 Å². The van der Waals surface area contributed by atoms with Crippen molar-refractivity contribution in [2.45, 2.75) is 37.6 Å². The number of carbonyl (C=O) groups excluding carboxylic acids is 2. The van der Waals surface area contributed by atoms with Crippen LogP contribution in [0.2, 0.25) is 0 Å². The van der Waals surface area contributed by atoms with Crippen molar-refractivity contribution in [3.8, 4) is 0 Å². The molecule has 7 nitrogen and oxygen atoms in total. The Kier molecular flexibility index (Phi) is 5.25. The molecule has 3 amide bonds. The van der Waals surface area contributed by atoms with Crippen LogP contribution in [0.1, 0.15) is 25.3 Å². The maximum atomic E-state index is 12.1. The van der Waals surface area contributed by atoms with Gasteiger partial charge in [-0.05, 0) is 31.9 Å². The predicted octanol–water partition coefficient (Wildman–Crippen LogP) is 0.994. The minimum atomic E-state index is -3.88. The lowest BCUT2D eigenvalue weighted by molar-refractivity contribution is -0.129. The van der Waals surface area contributed by atoms with Gasteiger partial charge in [-0.25, -0.2) is 17.9 Å². The van der Waals surface area contributed by atoms with Crippen molar-refractivity contribution in [2.75, 3.05) is 13.1 Å². The average molecular weight is 339 g/mol. The average Bonchev–Trinajstić information content (AvgIpc) is 2.47. The molecule has 0 saturated carbocycles. The van der Waals surface area contributed by atoms with Gasteiger partial charge in [-0.2, -0.15) is 0 Å². The number of nitrogens with one attached hydrogen (secondary N) is 2. The maximum absolute atomic E-state index is 12.1. The number of amides is 3. The van der Waals surface area contributed by atoms with Crippen LogP contribution in [0, 0.1) is 6.92 Å². The topological polar surface area (TPSA) is 95.6 Å². The normalized spacial score (nSPS) is 16.0. The first-order valence-corrected chi connectivity index (χ1v) is 8.92. The van der Waals surface area contributed by atoms with Crippen molar-refractivity contribution < 1.29 is 18.0 Å². The zero-order valence-electron chi connectivity index (χ0n) is 13.2. The van der Waals surface area contributed by atoms with Crippen molar-refractivity contribution in [3.63, 3.8) is 0 Å². The molecule has 1 aliphatic heterocycles. The largest absolute Gasteiger partial charge is 0.343 e. The highest BCUT2D eigenvalue weighted by atomic mass is 32.2. The van der Waals surface area contributed by atoms with Gasteiger partial charge in [-0.15, -0.1) is 0 Å². The second-order valence-electron chi connectivity index (χ2n) is 5.67.